The number of nitrogens with zero attached hydrogens (tertiary/aromatic N) is 2. The van der Waals surface area contributed by atoms with Crippen molar-refractivity contribution < 1.29 is 13.9 Å². The van der Waals surface area contributed by atoms with Crippen molar-refractivity contribution in [3.05, 3.63) is 65.3 Å². The predicted octanol–water partition coefficient (Wildman–Crippen LogP) is 4.38. The largest absolute Gasteiger partial charge is 0.453 e. The molecule has 0 N–H and O–H groups in total. The topological polar surface area (TPSA) is 72.6 Å². The molecule has 0 spiro atoms. The zero-order chi connectivity index (χ0) is 20.5. The molecule has 4 rings (SSSR count). The Kier molecular flexibility index (Phi) is 4.76. The molecular formula is C23H20N2O4. The van der Waals surface area contributed by atoms with Crippen LogP contribution in [-0.2, 0) is 4.79 Å². The minimum atomic E-state index is -0.570. The van der Waals surface area contributed by atoms with E-state index >= 15 is 0 Å². The minimum Gasteiger partial charge on any atom is -0.453 e. The number of carbonyl (C=O) groups excluding carboxylic acids is 1. The molecule has 0 saturated carbocycles. The fraction of sp³-hybridized carbons (Fsp3) is 0.174. The SMILES string of the molecule is C=CC(=O)Oc1ccc2c(=O)cc3oc4cc(N(CC)CC)ccc4nc-3c2c1. The maximum absolute atomic E-state index is 12.6. The highest BCUT2D eigenvalue weighted by Crippen LogP contribution is 2.33. The normalized spacial score (nSPS) is 11.1. The van der Waals surface area contributed by atoms with Gasteiger partial charge in [-0.3, -0.25) is 4.79 Å². The van der Waals surface area contributed by atoms with Crippen LogP contribution in [0.15, 0.2) is 64.3 Å². The summed E-state index contributed by atoms with van der Waals surface area (Å²) in [6.45, 7) is 9.34. The van der Waals surface area contributed by atoms with Crippen molar-refractivity contribution in [1.82, 2.24) is 4.98 Å². The second-order valence-corrected chi connectivity index (χ2v) is 6.59. The van der Waals surface area contributed by atoms with Gasteiger partial charge in [0.25, 0.3) is 0 Å². The maximum Gasteiger partial charge on any atom is 0.335 e. The molecule has 0 atom stereocenters. The van der Waals surface area contributed by atoms with E-state index in [0.717, 1.165) is 24.9 Å². The lowest BCUT2D eigenvalue weighted by molar-refractivity contribution is -0.128. The Labute approximate surface area is 167 Å². The molecular weight excluding hydrogens is 368 g/mol. The molecule has 2 aromatic rings. The Morgan fingerprint density at radius 1 is 1.14 bits per heavy atom. The number of carbonyl (C=O) groups is 1. The minimum absolute atomic E-state index is 0.182. The standard InChI is InChI=1S/C23H20N2O4/c1-4-22(27)28-15-8-9-16-17(12-15)23-21(13-19(16)26)29-20-11-14(25(5-2)6-3)7-10-18(20)24-23/h4,7-13H,1,5-6H2,2-3H3. The average Bonchev–Trinajstić information content (AvgIpc) is 2.73. The van der Waals surface area contributed by atoms with Gasteiger partial charge < -0.3 is 14.1 Å². The highest BCUT2D eigenvalue weighted by Gasteiger charge is 2.17. The van der Waals surface area contributed by atoms with Gasteiger partial charge in [-0.05, 0) is 44.2 Å². The molecule has 0 unspecified atom stereocenters. The van der Waals surface area contributed by atoms with Crippen LogP contribution in [0.1, 0.15) is 13.8 Å². The van der Waals surface area contributed by atoms with E-state index in [-0.39, 0.29) is 5.43 Å². The number of ether oxygens (including phenoxy) is 1. The second kappa shape index (κ2) is 7.39. The molecule has 0 amide bonds. The van der Waals surface area contributed by atoms with Crippen LogP contribution in [0.5, 0.6) is 5.75 Å². The van der Waals surface area contributed by atoms with Gasteiger partial charge in [0.1, 0.15) is 17.0 Å². The second-order valence-electron chi connectivity index (χ2n) is 6.59. The number of fused-ring (bicyclic) bond motifs is 4. The van der Waals surface area contributed by atoms with Gasteiger partial charge in [-0.2, -0.15) is 0 Å². The summed E-state index contributed by atoms with van der Waals surface area (Å²) in [4.78, 5) is 31.0. The van der Waals surface area contributed by atoms with Crippen molar-refractivity contribution in [1.29, 1.82) is 0 Å². The van der Waals surface area contributed by atoms with Gasteiger partial charge in [-0.1, -0.05) is 6.58 Å². The number of benzene rings is 3. The van der Waals surface area contributed by atoms with E-state index in [1.165, 1.54) is 6.07 Å². The van der Waals surface area contributed by atoms with Crippen molar-refractivity contribution >= 4 is 33.5 Å². The lowest BCUT2D eigenvalue weighted by Crippen LogP contribution is -2.21. The first-order valence-electron chi connectivity index (χ1n) is 9.44. The van der Waals surface area contributed by atoms with Crippen LogP contribution in [-0.4, -0.2) is 24.0 Å². The van der Waals surface area contributed by atoms with E-state index < -0.39 is 5.97 Å². The molecule has 6 nitrogen and oxygen atoms in total. The van der Waals surface area contributed by atoms with E-state index in [0.29, 0.717) is 39.1 Å². The quantitative estimate of drug-likeness (QED) is 0.166. The van der Waals surface area contributed by atoms with Crippen LogP contribution in [0, 0.1) is 0 Å². The van der Waals surface area contributed by atoms with Crippen LogP contribution >= 0.6 is 0 Å². The number of esters is 1. The summed E-state index contributed by atoms with van der Waals surface area (Å²) in [6.07, 6.45) is 1.08. The van der Waals surface area contributed by atoms with Crippen molar-refractivity contribution in [2.24, 2.45) is 0 Å². The monoisotopic (exact) mass is 388 g/mol. The summed E-state index contributed by atoms with van der Waals surface area (Å²) < 4.78 is 11.2. The third-order valence-corrected chi connectivity index (χ3v) is 4.92. The molecule has 6 heteroatoms. The van der Waals surface area contributed by atoms with Crippen molar-refractivity contribution in [2.45, 2.75) is 13.8 Å². The molecule has 146 valence electrons. The summed E-state index contributed by atoms with van der Waals surface area (Å²) in [5, 5.41) is 1.05. The van der Waals surface area contributed by atoms with E-state index in [4.69, 9.17) is 14.1 Å². The molecule has 0 fully saturated rings. The Balaban J connectivity index is 1.94. The van der Waals surface area contributed by atoms with Gasteiger partial charge in [0, 0.05) is 47.8 Å². The fourth-order valence-corrected chi connectivity index (χ4v) is 3.45. The number of hydrogen-bond donors (Lipinski definition) is 0. The van der Waals surface area contributed by atoms with Gasteiger partial charge in [-0.25, -0.2) is 9.78 Å². The van der Waals surface area contributed by atoms with E-state index in [9.17, 15) is 9.59 Å². The Morgan fingerprint density at radius 2 is 1.93 bits per heavy atom. The Bertz CT molecular complexity index is 1270. The van der Waals surface area contributed by atoms with Gasteiger partial charge in [-0.15, -0.1) is 0 Å². The van der Waals surface area contributed by atoms with Crippen LogP contribution < -0.4 is 15.1 Å². The predicted molar refractivity (Wildman–Crippen MR) is 114 cm³/mol. The molecule has 0 aromatic heterocycles. The third-order valence-electron chi connectivity index (χ3n) is 4.92. The van der Waals surface area contributed by atoms with Crippen molar-refractivity contribution in [2.75, 3.05) is 18.0 Å². The summed E-state index contributed by atoms with van der Waals surface area (Å²) in [5.74, 6) is 0.130. The maximum atomic E-state index is 12.6. The Hall–Kier alpha value is -3.67. The molecule has 0 radical (unpaired) electrons. The van der Waals surface area contributed by atoms with Crippen LogP contribution in [0.4, 0.5) is 5.69 Å². The smallest absolute Gasteiger partial charge is 0.335 e. The lowest BCUT2D eigenvalue weighted by atomic mass is 10.0. The zero-order valence-corrected chi connectivity index (χ0v) is 16.3. The number of rotatable bonds is 5. The molecule has 2 aliphatic rings. The Morgan fingerprint density at radius 3 is 2.66 bits per heavy atom. The zero-order valence-electron chi connectivity index (χ0n) is 16.3. The van der Waals surface area contributed by atoms with Crippen LogP contribution in [0.3, 0.4) is 0 Å². The third kappa shape index (κ3) is 3.33. The van der Waals surface area contributed by atoms with Crippen molar-refractivity contribution in [3.8, 4) is 17.2 Å². The summed E-state index contributed by atoms with van der Waals surface area (Å²) >= 11 is 0. The number of hydrogen-bond acceptors (Lipinski definition) is 6. The van der Waals surface area contributed by atoms with E-state index in [1.54, 1.807) is 18.2 Å². The molecule has 2 aromatic carbocycles. The summed E-state index contributed by atoms with van der Waals surface area (Å²) in [7, 11) is 0. The first-order chi connectivity index (χ1) is 14.0. The first-order valence-corrected chi connectivity index (χ1v) is 9.44. The molecule has 1 aliphatic carbocycles. The number of aromatic nitrogens is 1. The van der Waals surface area contributed by atoms with Crippen LogP contribution in [0.25, 0.3) is 33.3 Å². The fourth-order valence-electron chi connectivity index (χ4n) is 3.45. The summed E-state index contributed by atoms with van der Waals surface area (Å²) in [6, 6.07) is 12.1. The van der Waals surface area contributed by atoms with Gasteiger partial charge in [0.15, 0.2) is 16.8 Å². The molecule has 0 bridgehead atoms. The van der Waals surface area contributed by atoms with Crippen molar-refractivity contribution in [3.63, 3.8) is 0 Å². The molecule has 0 saturated heterocycles. The highest BCUT2D eigenvalue weighted by molar-refractivity contribution is 5.98. The summed E-state index contributed by atoms with van der Waals surface area (Å²) in [5.41, 5.74) is 2.68. The molecule has 1 aliphatic heterocycles. The van der Waals surface area contributed by atoms with E-state index in [2.05, 4.69) is 25.3 Å². The van der Waals surface area contributed by atoms with Gasteiger partial charge >= 0.3 is 5.97 Å². The van der Waals surface area contributed by atoms with E-state index in [1.807, 2.05) is 18.2 Å². The molecule has 1 heterocycles. The first kappa shape index (κ1) is 18.7. The lowest BCUT2D eigenvalue weighted by Gasteiger charge is -2.21. The van der Waals surface area contributed by atoms with Gasteiger partial charge in [0.05, 0.1) is 0 Å². The van der Waals surface area contributed by atoms with Crippen LogP contribution in [0.2, 0.25) is 0 Å². The highest BCUT2D eigenvalue weighted by atomic mass is 16.5. The van der Waals surface area contributed by atoms with Gasteiger partial charge in [0.2, 0.25) is 0 Å². The number of anilines is 1. The average molecular weight is 388 g/mol. The molecule has 29 heavy (non-hydrogen) atoms.